The molecule has 0 saturated carbocycles. The minimum atomic E-state index is -4.25. The van der Waals surface area contributed by atoms with Crippen LogP contribution in [0.4, 0.5) is 27.2 Å². The molecule has 79 heavy (non-hydrogen) atoms. The fourth-order valence-corrected chi connectivity index (χ4v) is 8.16. The molecule has 0 radical (unpaired) electrons. The molecule has 3 unspecified atom stereocenters. The molecule has 2 fully saturated rings. The van der Waals surface area contributed by atoms with Gasteiger partial charge in [-0.25, -0.2) is 19.2 Å². The number of benzene rings is 2. The van der Waals surface area contributed by atoms with Crippen LogP contribution in [0.15, 0.2) is 60.7 Å². The molecule has 5 N–H and O–H groups in total. The molecule has 0 aromatic heterocycles. The summed E-state index contributed by atoms with van der Waals surface area (Å²) in [7, 11) is 0. The standard InChI is InChI=1S/C27H39F2N3O7.C23H33N3O5.C4H5BrF2O2/c1-6-38-25(36)27(28,29)22(33)20(16(2)3)30-23(34)19-13-10-14-32(19)24(35)21(17(4)5)31-26(37)39-15-18-11-8-7-9-12-18;1-15(2)18(13-27)24-21(28)19-11-8-12-26(19)22(29)20(16(3)4)25-23(30)31-14-17-9-6-5-7-10-17;1-2-9-3(8)4(5,6)7/h7-9,11-12,16-17,19-22,33H,6,10,13-15H2,1-5H3,(H,30,34)(H,31,37);5-7,9-10,13,15-16,18-20H,8,11-12,14H2,1-4H3,(H,24,28)(H,25,30);2H2,1H3/t19?,20-,21-,22?;18-,19?,20+;/m01./s1. The lowest BCUT2D eigenvalue weighted by atomic mass is 9.93. The Labute approximate surface area is 467 Å². The van der Waals surface area contributed by atoms with Crippen molar-refractivity contribution in [1.82, 2.24) is 31.1 Å². The molecule has 2 aliphatic rings. The summed E-state index contributed by atoms with van der Waals surface area (Å²) in [5, 5.41) is 20.7. The largest absolute Gasteiger partial charge is 0.461 e. The fourth-order valence-electron chi connectivity index (χ4n) is 8.05. The van der Waals surface area contributed by atoms with Crippen LogP contribution in [-0.2, 0) is 65.7 Å². The van der Waals surface area contributed by atoms with Gasteiger partial charge in [0.05, 0.1) is 25.3 Å². The van der Waals surface area contributed by atoms with Crippen LogP contribution in [0.1, 0.15) is 106 Å². The monoisotopic (exact) mass is 1190 g/mol. The van der Waals surface area contributed by atoms with E-state index in [2.05, 4.69) is 30.7 Å². The molecule has 4 rings (SSSR count). The number of ether oxygens (including phenoxy) is 4. The van der Waals surface area contributed by atoms with E-state index in [1.54, 1.807) is 38.1 Å². The molecule has 6 amide bonds. The highest BCUT2D eigenvalue weighted by Gasteiger charge is 2.53. The Kier molecular flexibility index (Phi) is 29.0. The van der Waals surface area contributed by atoms with Crippen molar-refractivity contribution >= 4 is 70.0 Å². The van der Waals surface area contributed by atoms with Crippen molar-refractivity contribution in [2.24, 2.45) is 23.7 Å². The SMILES string of the molecule is CC(C)[C@H](NC(=O)OCc1ccccc1)C(=O)N1CCCC1C(=O)N[C@H](C=O)C(C)C.CCOC(=O)C(F)(F)Br.CCOC(=O)C(F)(F)C(O)[C@@H](NC(=O)C1CCCN1C(=O)[C@@H](NC(=O)OCc1ccccc1)C(C)C)C(C)C. The summed E-state index contributed by atoms with van der Waals surface area (Å²) in [4.78, 5) is 110. The number of likely N-dealkylation sites (tertiary alicyclic amines) is 2. The first kappa shape index (κ1) is 68.7. The third-order valence-electron chi connectivity index (χ3n) is 12.5. The van der Waals surface area contributed by atoms with Crippen molar-refractivity contribution < 1.29 is 84.8 Å². The van der Waals surface area contributed by atoms with Crippen molar-refractivity contribution in [2.75, 3.05) is 26.3 Å². The maximum absolute atomic E-state index is 14.5. The van der Waals surface area contributed by atoms with E-state index in [0.717, 1.165) is 11.1 Å². The predicted octanol–water partition coefficient (Wildman–Crippen LogP) is 6.43. The third kappa shape index (κ3) is 22.0. The smallest absolute Gasteiger partial charge is 0.408 e. The summed E-state index contributed by atoms with van der Waals surface area (Å²) in [6, 6.07) is 12.7. The molecule has 2 aliphatic heterocycles. The van der Waals surface area contributed by atoms with Gasteiger partial charge >= 0.3 is 34.9 Å². The zero-order valence-corrected chi connectivity index (χ0v) is 47.9. The average Bonchev–Trinajstić information content (AvgIpc) is 4.11. The molecule has 20 nitrogen and oxygen atoms in total. The number of hydrogen-bond acceptors (Lipinski definition) is 14. The molecular weight excluding hydrogens is 1110 g/mol. The second-order valence-corrected chi connectivity index (χ2v) is 20.9. The number of alkyl halides is 5. The normalized spacial score (nSPS) is 17.1. The van der Waals surface area contributed by atoms with Gasteiger partial charge in [0.25, 0.3) is 0 Å². The number of aliphatic hydroxyl groups excluding tert-OH is 1. The number of halogens is 5. The summed E-state index contributed by atoms with van der Waals surface area (Å²) >= 11 is 1.84. The van der Waals surface area contributed by atoms with Crippen LogP contribution in [0.25, 0.3) is 0 Å². The van der Waals surface area contributed by atoms with E-state index in [-0.39, 0.29) is 69.0 Å². The Bertz CT molecular complexity index is 2300. The van der Waals surface area contributed by atoms with Gasteiger partial charge in [0.15, 0.2) is 0 Å². The Morgan fingerprint density at radius 1 is 0.608 bits per heavy atom. The quantitative estimate of drug-likeness (QED) is 0.0264. The van der Waals surface area contributed by atoms with Gasteiger partial charge in [-0.15, -0.1) is 0 Å². The molecule has 0 aliphatic carbocycles. The molecule has 2 aromatic carbocycles. The highest BCUT2D eigenvalue weighted by molar-refractivity contribution is 9.10. The van der Waals surface area contributed by atoms with Gasteiger partial charge in [-0.1, -0.05) is 116 Å². The zero-order valence-electron chi connectivity index (χ0n) is 46.3. The molecule has 442 valence electrons. The predicted molar refractivity (Wildman–Crippen MR) is 284 cm³/mol. The second kappa shape index (κ2) is 33.3. The Morgan fingerprint density at radius 2 is 1.00 bits per heavy atom. The van der Waals surface area contributed by atoms with Crippen LogP contribution in [0.2, 0.25) is 0 Å². The van der Waals surface area contributed by atoms with E-state index in [0.29, 0.717) is 32.1 Å². The van der Waals surface area contributed by atoms with E-state index in [9.17, 15) is 65.8 Å². The maximum Gasteiger partial charge on any atom is 0.408 e. The minimum absolute atomic E-state index is 0.00970. The highest BCUT2D eigenvalue weighted by atomic mass is 79.9. The number of amides is 6. The van der Waals surface area contributed by atoms with Crippen molar-refractivity contribution in [1.29, 1.82) is 0 Å². The van der Waals surface area contributed by atoms with Gasteiger partial charge in [0, 0.05) is 29.0 Å². The molecule has 2 heterocycles. The number of aldehydes is 1. The van der Waals surface area contributed by atoms with Crippen molar-refractivity contribution in [2.45, 2.75) is 161 Å². The van der Waals surface area contributed by atoms with E-state index >= 15 is 0 Å². The van der Waals surface area contributed by atoms with Crippen LogP contribution < -0.4 is 21.3 Å². The van der Waals surface area contributed by atoms with Crippen molar-refractivity contribution in [3.05, 3.63) is 71.8 Å². The molecule has 2 aromatic rings. The number of nitrogens with one attached hydrogen (secondary N) is 4. The lowest BCUT2D eigenvalue weighted by Gasteiger charge is -2.34. The van der Waals surface area contributed by atoms with Crippen molar-refractivity contribution in [3.8, 4) is 0 Å². The third-order valence-corrected chi connectivity index (χ3v) is 12.8. The van der Waals surface area contributed by atoms with Crippen molar-refractivity contribution in [3.63, 3.8) is 0 Å². The zero-order chi connectivity index (χ0) is 59.8. The van der Waals surface area contributed by atoms with Gasteiger partial charge in [0.2, 0.25) is 23.6 Å². The van der Waals surface area contributed by atoms with Crippen LogP contribution in [0.5, 0.6) is 0 Å². The van der Waals surface area contributed by atoms with Gasteiger partial charge in [-0.3, -0.25) is 19.2 Å². The molecule has 0 spiro atoms. The van der Waals surface area contributed by atoms with Gasteiger partial charge in [0.1, 0.15) is 49.8 Å². The number of aliphatic hydroxyl groups is 1. The molecule has 2 saturated heterocycles. The summed E-state index contributed by atoms with van der Waals surface area (Å²) < 4.78 is 71.4. The van der Waals surface area contributed by atoms with E-state index in [4.69, 9.17) is 9.47 Å². The average molecular weight is 1190 g/mol. The van der Waals surface area contributed by atoms with Gasteiger partial charge < -0.3 is 59.9 Å². The Balaban J connectivity index is 0.000000475. The summed E-state index contributed by atoms with van der Waals surface area (Å²) in [5.41, 5.74) is 1.61. The van der Waals surface area contributed by atoms with Crippen LogP contribution in [0.3, 0.4) is 0 Å². The summed E-state index contributed by atoms with van der Waals surface area (Å²) in [5.74, 6) is -10.9. The number of carbonyl (C=O) groups excluding carboxylic acids is 9. The van der Waals surface area contributed by atoms with E-state index in [1.807, 2.05) is 80.0 Å². The lowest BCUT2D eigenvalue weighted by Crippen LogP contribution is -2.60. The van der Waals surface area contributed by atoms with Crippen LogP contribution in [-0.4, -0.2) is 148 Å². The molecule has 25 heteroatoms. The lowest BCUT2D eigenvalue weighted by molar-refractivity contribution is -0.193. The number of hydrogen-bond donors (Lipinski definition) is 5. The van der Waals surface area contributed by atoms with Crippen LogP contribution in [0, 0.1) is 23.7 Å². The minimum Gasteiger partial charge on any atom is -0.461 e. The summed E-state index contributed by atoms with van der Waals surface area (Å²) in [6.45, 7) is 17.0. The first-order valence-electron chi connectivity index (χ1n) is 26.1. The molecule has 7 atom stereocenters. The molecular formula is C54H77BrF4N6O14. The van der Waals surface area contributed by atoms with Crippen LogP contribution >= 0.6 is 15.9 Å². The number of carbonyl (C=O) groups is 9. The number of nitrogens with zero attached hydrogens (tertiary/aromatic N) is 2. The fraction of sp³-hybridized carbons (Fsp3) is 0.611. The number of rotatable bonds is 23. The first-order valence-corrected chi connectivity index (χ1v) is 26.9. The Morgan fingerprint density at radius 3 is 1.33 bits per heavy atom. The molecule has 0 bridgehead atoms. The Hall–Kier alpha value is -6.37. The summed E-state index contributed by atoms with van der Waals surface area (Å²) in [6.07, 6.45) is -1.38. The van der Waals surface area contributed by atoms with E-state index in [1.165, 1.54) is 37.5 Å². The first-order chi connectivity index (χ1) is 37.0. The van der Waals surface area contributed by atoms with E-state index < -0.39 is 95.0 Å². The number of esters is 2. The number of alkyl carbamates (subject to hydrolysis) is 2. The highest BCUT2D eigenvalue weighted by Crippen LogP contribution is 2.28. The maximum atomic E-state index is 14.5. The van der Waals surface area contributed by atoms with Gasteiger partial charge in [-0.05, 0) is 74.3 Å². The topological polar surface area (TPSA) is 265 Å². The van der Waals surface area contributed by atoms with Gasteiger partial charge in [-0.2, -0.15) is 17.6 Å². The second-order valence-electron chi connectivity index (χ2n) is 19.9.